The minimum absolute atomic E-state index is 0.123. The van der Waals surface area contributed by atoms with E-state index in [4.69, 9.17) is 9.26 Å². The van der Waals surface area contributed by atoms with E-state index in [1.54, 1.807) is 23.6 Å². The van der Waals surface area contributed by atoms with Crippen LogP contribution in [0.2, 0.25) is 0 Å². The Labute approximate surface area is 207 Å². The fourth-order valence-corrected chi connectivity index (χ4v) is 5.56. The van der Waals surface area contributed by atoms with Gasteiger partial charge in [-0.25, -0.2) is 0 Å². The molecule has 10 nitrogen and oxygen atoms in total. The van der Waals surface area contributed by atoms with Gasteiger partial charge >= 0.3 is 0 Å². The molecule has 2 amide bonds. The smallest absolute Gasteiger partial charge is 0.272 e. The first-order chi connectivity index (χ1) is 17.3. The van der Waals surface area contributed by atoms with E-state index < -0.39 is 5.66 Å². The average Bonchev–Trinajstić information content (AvgIpc) is 3.64. The van der Waals surface area contributed by atoms with Gasteiger partial charge in [-0.05, 0) is 32.0 Å². The standard InChI is InChI=1S/C26H26N6O4/c1-16-21(13-29(3)27-16)18-11-23-25(34)32-10-9-31(24(33)22-14-36-28-17(22)2)26(32,15-30(23)12-18)19-5-7-20(35-4)8-6-19/h5-8,11-14H,9-10,15H2,1-4H3. The number of nitrogens with zero attached hydrogens (tertiary/aromatic N) is 6. The molecule has 0 radical (unpaired) electrons. The number of carbonyl (C=O) groups is 2. The zero-order valence-electron chi connectivity index (χ0n) is 20.6. The van der Waals surface area contributed by atoms with Gasteiger partial charge in [-0.15, -0.1) is 0 Å². The maximum absolute atomic E-state index is 13.9. The lowest BCUT2D eigenvalue weighted by Gasteiger charge is -2.47. The summed E-state index contributed by atoms with van der Waals surface area (Å²) < 4.78 is 14.1. The van der Waals surface area contributed by atoms with Crippen LogP contribution >= 0.6 is 0 Å². The van der Waals surface area contributed by atoms with Crippen molar-refractivity contribution in [1.29, 1.82) is 0 Å². The van der Waals surface area contributed by atoms with E-state index in [0.29, 0.717) is 42.3 Å². The molecule has 1 aromatic carbocycles. The highest BCUT2D eigenvalue weighted by molar-refractivity contribution is 5.99. The molecule has 1 atom stereocenters. The van der Waals surface area contributed by atoms with Crippen molar-refractivity contribution in [1.82, 2.24) is 29.3 Å². The van der Waals surface area contributed by atoms with Crippen LogP contribution in [0.15, 0.2) is 53.5 Å². The quantitative estimate of drug-likeness (QED) is 0.440. The van der Waals surface area contributed by atoms with E-state index in [9.17, 15) is 9.59 Å². The number of carbonyl (C=O) groups excluding carboxylic acids is 2. The van der Waals surface area contributed by atoms with E-state index in [1.165, 1.54) is 6.26 Å². The highest BCUT2D eigenvalue weighted by atomic mass is 16.5. The monoisotopic (exact) mass is 486 g/mol. The Bertz CT molecular complexity index is 1500. The number of hydrogen-bond donors (Lipinski definition) is 0. The lowest BCUT2D eigenvalue weighted by molar-refractivity contribution is -0.00597. The lowest BCUT2D eigenvalue weighted by atomic mass is 9.93. The van der Waals surface area contributed by atoms with Crippen molar-refractivity contribution in [3.8, 4) is 16.9 Å². The third-order valence-corrected chi connectivity index (χ3v) is 7.29. The predicted octanol–water partition coefficient (Wildman–Crippen LogP) is 2.97. The normalized spacial score (nSPS) is 18.9. The molecular formula is C26H26N6O4. The number of hydrogen-bond acceptors (Lipinski definition) is 6. The molecule has 184 valence electrons. The molecule has 1 saturated heterocycles. The van der Waals surface area contributed by atoms with Crippen molar-refractivity contribution < 1.29 is 18.8 Å². The first-order valence-corrected chi connectivity index (χ1v) is 11.7. The van der Waals surface area contributed by atoms with Gasteiger partial charge in [-0.3, -0.25) is 14.3 Å². The van der Waals surface area contributed by atoms with Crippen LogP contribution in [0.3, 0.4) is 0 Å². The molecular weight excluding hydrogens is 460 g/mol. The largest absolute Gasteiger partial charge is 0.497 e. The Kier molecular flexibility index (Phi) is 4.82. The van der Waals surface area contributed by atoms with Crippen LogP contribution in [-0.2, 0) is 19.3 Å². The van der Waals surface area contributed by atoms with Crippen molar-refractivity contribution >= 4 is 11.8 Å². The number of aryl methyl sites for hydroxylation is 3. The second-order valence-electron chi connectivity index (χ2n) is 9.32. The minimum Gasteiger partial charge on any atom is -0.497 e. The summed E-state index contributed by atoms with van der Waals surface area (Å²) in [5.41, 5.74) is 4.09. The van der Waals surface area contributed by atoms with Gasteiger partial charge in [0.2, 0.25) is 0 Å². The summed E-state index contributed by atoms with van der Waals surface area (Å²) in [4.78, 5) is 31.3. The van der Waals surface area contributed by atoms with E-state index in [0.717, 1.165) is 22.4 Å². The van der Waals surface area contributed by atoms with Crippen LogP contribution in [-0.4, -0.2) is 61.3 Å². The average molecular weight is 487 g/mol. The molecule has 2 aliphatic heterocycles. The van der Waals surface area contributed by atoms with E-state index >= 15 is 0 Å². The van der Waals surface area contributed by atoms with Crippen LogP contribution < -0.4 is 4.74 Å². The van der Waals surface area contributed by atoms with Crippen molar-refractivity contribution in [3.05, 3.63) is 77.2 Å². The Morgan fingerprint density at radius 1 is 1.11 bits per heavy atom. The number of aromatic nitrogens is 4. The first-order valence-electron chi connectivity index (χ1n) is 11.7. The van der Waals surface area contributed by atoms with Gasteiger partial charge in [-0.1, -0.05) is 17.3 Å². The van der Waals surface area contributed by atoms with Gasteiger partial charge in [0, 0.05) is 49.2 Å². The Morgan fingerprint density at radius 3 is 2.53 bits per heavy atom. The van der Waals surface area contributed by atoms with E-state index in [2.05, 4.69) is 10.3 Å². The maximum Gasteiger partial charge on any atom is 0.272 e. The third-order valence-electron chi connectivity index (χ3n) is 7.29. The number of methoxy groups -OCH3 is 1. The summed E-state index contributed by atoms with van der Waals surface area (Å²) >= 11 is 0. The molecule has 0 aliphatic carbocycles. The molecule has 0 bridgehead atoms. The van der Waals surface area contributed by atoms with E-state index in [-0.39, 0.29) is 11.8 Å². The second kappa shape index (κ2) is 7.84. The molecule has 4 aromatic rings. The fourth-order valence-electron chi connectivity index (χ4n) is 5.56. The number of benzene rings is 1. The summed E-state index contributed by atoms with van der Waals surface area (Å²) in [6.07, 6.45) is 5.30. The van der Waals surface area contributed by atoms with Gasteiger partial charge in [0.25, 0.3) is 11.8 Å². The number of fused-ring (bicyclic) bond motifs is 2. The van der Waals surface area contributed by atoms with Crippen LogP contribution in [0.25, 0.3) is 11.1 Å². The highest BCUT2D eigenvalue weighted by Crippen LogP contribution is 2.45. The fraction of sp³-hybridized carbons (Fsp3) is 0.308. The number of rotatable bonds is 4. The molecule has 0 N–H and O–H groups in total. The first kappa shape index (κ1) is 22.1. The molecule has 2 aliphatic rings. The number of amides is 2. The van der Waals surface area contributed by atoms with Crippen LogP contribution in [0, 0.1) is 13.8 Å². The Morgan fingerprint density at radius 2 is 1.89 bits per heavy atom. The molecule has 3 aromatic heterocycles. The number of ether oxygens (including phenoxy) is 1. The maximum atomic E-state index is 13.9. The van der Waals surface area contributed by atoms with Crippen molar-refractivity contribution in [3.63, 3.8) is 0 Å². The molecule has 6 rings (SSSR count). The van der Waals surface area contributed by atoms with Crippen molar-refractivity contribution in [2.24, 2.45) is 7.05 Å². The van der Waals surface area contributed by atoms with Crippen molar-refractivity contribution in [2.75, 3.05) is 20.2 Å². The topological polar surface area (TPSA) is 98.6 Å². The zero-order chi connectivity index (χ0) is 25.2. The molecule has 0 spiro atoms. The summed E-state index contributed by atoms with van der Waals surface area (Å²) in [7, 11) is 3.49. The molecule has 5 heterocycles. The summed E-state index contributed by atoms with van der Waals surface area (Å²) in [6.45, 7) is 4.87. The van der Waals surface area contributed by atoms with Crippen LogP contribution in [0.5, 0.6) is 5.75 Å². The lowest BCUT2D eigenvalue weighted by Crippen LogP contribution is -2.60. The SMILES string of the molecule is COc1ccc(C23Cn4cc(-c5cn(C)nc5C)cc4C(=O)N2CCN3C(=O)c2conc2C)cc1. The van der Waals surface area contributed by atoms with Crippen LogP contribution in [0.4, 0.5) is 0 Å². The van der Waals surface area contributed by atoms with Gasteiger partial charge in [0.05, 0.1) is 25.0 Å². The Hall–Kier alpha value is -4.34. The predicted molar refractivity (Wildman–Crippen MR) is 129 cm³/mol. The second-order valence-corrected chi connectivity index (χ2v) is 9.32. The van der Waals surface area contributed by atoms with Crippen molar-refractivity contribution in [2.45, 2.75) is 26.1 Å². The molecule has 0 saturated carbocycles. The van der Waals surface area contributed by atoms with Gasteiger partial charge in [0.1, 0.15) is 23.3 Å². The van der Waals surface area contributed by atoms with Crippen LogP contribution in [0.1, 0.15) is 37.8 Å². The zero-order valence-corrected chi connectivity index (χ0v) is 20.6. The summed E-state index contributed by atoms with van der Waals surface area (Å²) in [6, 6.07) is 9.47. The third kappa shape index (κ3) is 3.03. The summed E-state index contributed by atoms with van der Waals surface area (Å²) in [5, 5.41) is 8.35. The highest BCUT2D eigenvalue weighted by Gasteiger charge is 2.56. The molecule has 36 heavy (non-hydrogen) atoms. The van der Waals surface area contributed by atoms with E-state index in [1.807, 2.05) is 66.2 Å². The Balaban J connectivity index is 1.51. The van der Waals surface area contributed by atoms with Gasteiger partial charge < -0.3 is 23.6 Å². The minimum atomic E-state index is -1.02. The van der Waals surface area contributed by atoms with Gasteiger partial charge in [0.15, 0.2) is 5.66 Å². The molecule has 10 heteroatoms. The van der Waals surface area contributed by atoms with Gasteiger partial charge in [-0.2, -0.15) is 5.10 Å². The molecule has 1 unspecified atom stereocenters. The molecule has 1 fully saturated rings. The summed E-state index contributed by atoms with van der Waals surface area (Å²) in [5.74, 6) is 0.353.